The van der Waals surface area contributed by atoms with Crippen LogP contribution in [0.3, 0.4) is 0 Å². The van der Waals surface area contributed by atoms with Crippen molar-refractivity contribution in [1.82, 2.24) is 20.3 Å². The molecule has 0 unspecified atom stereocenters. The summed E-state index contributed by atoms with van der Waals surface area (Å²) in [6, 6.07) is 10.2. The molecule has 1 aromatic heterocycles. The molecule has 4 rings (SSSR count). The number of aliphatic imine (C=N–C) groups is 1. The molecule has 2 aliphatic heterocycles. The minimum Gasteiger partial charge on any atom is -0.368 e. The van der Waals surface area contributed by atoms with E-state index in [4.69, 9.17) is 10.7 Å². The first-order valence-corrected chi connectivity index (χ1v) is 8.25. The lowest BCUT2D eigenvalue weighted by Crippen LogP contribution is -2.56. The van der Waals surface area contributed by atoms with Crippen LogP contribution in [0.5, 0.6) is 0 Å². The number of thiazole rings is 1. The van der Waals surface area contributed by atoms with E-state index >= 15 is 0 Å². The number of hydrogen-bond donors (Lipinski definition) is 2. The van der Waals surface area contributed by atoms with Gasteiger partial charge >= 0.3 is 0 Å². The lowest BCUT2D eigenvalue weighted by Gasteiger charge is -2.39. The van der Waals surface area contributed by atoms with Gasteiger partial charge in [-0.25, -0.2) is 15.0 Å². The van der Waals surface area contributed by atoms with Gasteiger partial charge in [0.05, 0.1) is 12.2 Å². The Morgan fingerprint density at radius 3 is 2.68 bits per heavy atom. The topological polar surface area (TPSA) is 69.8 Å². The van der Waals surface area contributed by atoms with Crippen LogP contribution in [0.4, 0.5) is 5.00 Å². The third-order valence-electron chi connectivity index (χ3n) is 3.91. The van der Waals surface area contributed by atoms with E-state index in [0.717, 1.165) is 47.4 Å². The second kappa shape index (κ2) is 5.68. The van der Waals surface area contributed by atoms with Crippen LogP contribution in [0.25, 0.3) is 10.6 Å². The smallest absolute Gasteiger partial charge is 0.212 e. The third-order valence-corrected chi connectivity index (χ3v) is 4.95. The molecular weight excluding hydrogens is 296 g/mol. The highest BCUT2D eigenvalue weighted by Crippen LogP contribution is 2.37. The van der Waals surface area contributed by atoms with Gasteiger partial charge in [-0.15, -0.1) is 0 Å². The van der Waals surface area contributed by atoms with Crippen molar-refractivity contribution >= 4 is 22.3 Å². The standard InChI is InChI=1S/C15H18N6S/c16-15-19-14-12(10-21(15)20-8-6-17-7-9-20)18-13(22-14)11-4-2-1-3-5-11/h1-5,17H,6-10H2,(H2,16,19). The fourth-order valence-electron chi connectivity index (χ4n) is 2.76. The minimum absolute atomic E-state index is 0.567. The van der Waals surface area contributed by atoms with Crippen molar-refractivity contribution in [2.75, 3.05) is 26.2 Å². The molecule has 3 N–H and O–H groups in total. The molecule has 0 atom stereocenters. The molecule has 1 saturated heterocycles. The van der Waals surface area contributed by atoms with Crippen molar-refractivity contribution in [1.29, 1.82) is 0 Å². The summed E-state index contributed by atoms with van der Waals surface area (Å²) in [5, 5.41) is 9.59. The summed E-state index contributed by atoms with van der Waals surface area (Å²) >= 11 is 1.60. The number of nitrogens with two attached hydrogens (primary N) is 1. The van der Waals surface area contributed by atoms with Gasteiger partial charge in [0, 0.05) is 31.7 Å². The van der Waals surface area contributed by atoms with Crippen molar-refractivity contribution < 1.29 is 0 Å². The van der Waals surface area contributed by atoms with Crippen molar-refractivity contribution in [3.63, 3.8) is 0 Å². The Morgan fingerprint density at radius 1 is 1.14 bits per heavy atom. The summed E-state index contributed by atoms with van der Waals surface area (Å²) in [5.74, 6) is 0.567. The molecule has 22 heavy (non-hydrogen) atoms. The largest absolute Gasteiger partial charge is 0.368 e. The van der Waals surface area contributed by atoms with Gasteiger partial charge in [-0.3, -0.25) is 5.01 Å². The summed E-state index contributed by atoms with van der Waals surface area (Å²) in [6.45, 7) is 4.54. The first kappa shape index (κ1) is 13.7. The van der Waals surface area contributed by atoms with Crippen LogP contribution < -0.4 is 11.1 Å². The van der Waals surface area contributed by atoms with E-state index in [2.05, 4.69) is 32.5 Å². The summed E-state index contributed by atoms with van der Waals surface area (Å²) in [6.07, 6.45) is 0. The fourth-order valence-corrected chi connectivity index (χ4v) is 3.72. The monoisotopic (exact) mass is 314 g/mol. The minimum atomic E-state index is 0.567. The van der Waals surface area contributed by atoms with E-state index in [1.54, 1.807) is 11.3 Å². The molecular formula is C15H18N6S. The Balaban J connectivity index is 1.62. The van der Waals surface area contributed by atoms with Crippen molar-refractivity contribution in [2.24, 2.45) is 10.7 Å². The first-order chi connectivity index (χ1) is 10.8. The molecule has 0 amide bonds. The number of rotatable bonds is 2. The first-order valence-electron chi connectivity index (χ1n) is 7.43. The molecule has 0 spiro atoms. The molecule has 2 aliphatic rings. The van der Waals surface area contributed by atoms with Crippen LogP contribution in [0, 0.1) is 0 Å². The molecule has 3 heterocycles. The lowest BCUT2D eigenvalue weighted by atomic mass is 10.2. The maximum atomic E-state index is 6.17. The summed E-state index contributed by atoms with van der Waals surface area (Å²) in [7, 11) is 0. The van der Waals surface area contributed by atoms with Gasteiger partial charge in [0.1, 0.15) is 10.0 Å². The van der Waals surface area contributed by atoms with E-state index in [1.807, 2.05) is 18.2 Å². The zero-order valence-electron chi connectivity index (χ0n) is 12.2. The molecule has 2 aromatic rings. The van der Waals surface area contributed by atoms with Crippen LogP contribution in [-0.4, -0.2) is 47.1 Å². The number of hydrazine groups is 1. The number of aromatic nitrogens is 1. The number of hydrogen-bond acceptors (Lipinski definition) is 7. The van der Waals surface area contributed by atoms with E-state index in [9.17, 15) is 0 Å². The zero-order valence-corrected chi connectivity index (χ0v) is 13.0. The van der Waals surface area contributed by atoms with E-state index < -0.39 is 0 Å². The summed E-state index contributed by atoms with van der Waals surface area (Å²) in [4.78, 5) is 9.34. The molecule has 0 bridgehead atoms. The SMILES string of the molecule is NC1=Nc2sc(-c3ccccc3)nc2CN1N1CCNCC1. The molecule has 0 aliphatic carbocycles. The van der Waals surface area contributed by atoms with Crippen molar-refractivity contribution in [3.05, 3.63) is 36.0 Å². The third kappa shape index (κ3) is 2.47. The highest BCUT2D eigenvalue weighted by Gasteiger charge is 2.27. The predicted octanol–water partition coefficient (Wildman–Crippen LogP) is 1.39. The van der Waals surface area contributed by atoms with Gasteiger partial charge in [-0.1, -0.05) is 41.7 Å². The van der Waals surface area contributed by atoms with Crippen LogP contribution in [-0.2, 0) is 6.54 Å². The second-order valence-corrected chi connectivity index (χ2v) is 6.35. The van der Waals surface area contributed by atoms with Crippen molar-refractivity contribution in [3.8, 4) is 10.6 Å². The maximum absolute atomic E-state index is 6.17. The lowest BCUT2D eigenvalue weighted by molar-refractivity contribution is 0.0220. The quantitative estimate of drug-likeness (QED) is 0.877. The van der Waals surface area contributed by atoms with Gasteiger partial charge < -0.3 is 11.1 Å². The number of nitrogens with one attached hydrogen (secondary N) is 1. The average molecular weight is 314 g/mol. The molecule has 1 aromatic carbocycles. The Labute approximate surface area is 133 Å². The van der Waals surface area contributed by atoms with Gasteiger partial charge in [-0.05, 0) is 0 Å². The van der Waals surface area contributed by atoms with Gasteiger partial charge in [-0.2, -0.15) is 0 Å². The van der Waals surface area contributed by atoms with Crippen LogP contribution in [0.1, 0.15) is 5.69 Å². The zero-order chi connectivity index (χ0) is 14.9. The maximum Gasteiger partial charge on any atom is 0.212 e. The molecule has 0 saturated carbocycles. The highest BCUT2D eigenvalue weighted by atomic mass is 32.1. The number of benzene rings is 1. The van der Waals surface area contributed by atoms with Gasteiger partial charge in [0.15, 0.2) is 0 Å². The highest BCUT2D eigenvalue weighted by molar-refractivity contribution is 7.18. The molecule has 6 nitrogen and oxygen atoms in total. The summed E-state index contributed by atoms with van der Waals surface area (Å²) < 4.78 is 0. The average Bonchev–Trinajstić information content (AvgIpc) is 2.98. The molecule has 7 heteroatoms. The fraction of sp³-hybridized carbons (Fsp3) is 0.333. The van der Waals surface area contributed by atoms with Crippen LogP contribution in [0.15, 0.2) is 35.3 Å². The van der Waals surface area contributed by atoms with E-state index in [-0.39, 0.29) is 0 Å². The number of nitrogens with zero attached hydrogens (tertiary/aromatic N) is 4. The number of piperazine rings is 1. The van der Waals surface area contributed by atoms with Gasteiger partial charge in [0.2, 0.25) is 5.96 Å². The Hall–Kier alpha value is -1.96. The molecule has 1 fully saturated rings. The Bertz CT molecular complexity index is 689. The van der Waals surface area contributed by atoms with E-state index in [0.29, 0.717) is 12.5 Å². The Kier molecular flexibility index (Phi) is 3.53. The van der Waals surface area contributed by atoms with Crippen molar-refractivity contribution in [2.45, 2.75) is 6.54 Å². The predicted molar refractivity (Wildman–Crippen MR) is 88.8 cm³/mol. The van der Waals surface area contributed by atoms with Gasteiger partial charge in [0.25, 0.3) is 0 Å². The van der Waals surface area contributed by atoms with E-state index in [1.165, 1.54) is 0 Å². The number of guanidine groups is 1. The number of fused-ring (bicyclic) bond motifs is 1. The normalized spacial score (nSPS) is 18.9. The second-order valence-electron chi connectivity index (χ2n) is 5.37. The molecule has 114 valence electrons. The van der Waals surface area contributed by atoms with Crippen LogP contribution in [0.2, 0.25) is 0 Å². The molecule has 0 radical (unpaired) electrons. The summed E-state index contributed by atoms with van der Waals surface area (Å²) in [5.41, 5.74) is 8.31. The van der Waals surface area contributed by atoms with Crippen LogP contribution >= 0.6 is 11.3 Å². The Morgan fingerprint density at radius 2 is 1.91 bits per heavy atom.